The highest BCUT2D eigenvalue weighted by atomic mass is 16.5. The number of para-hydroxylation sites is 2. The van der Waals surface area contributed by atoms with Gasteiger partial charge in [0.05, 0.1) is 11.1 Å². The zero-order valence-electron chi connectivity index (χ0n) is 17.3. The highest BCUT2D eigenvalue weighted by Crippen LogP contribution is 2.29. The van der Waals surface area contributed by atoms with Crippen molar-refractivity contribution < 1.29 is 18.7 Å². The van der Waals surface area contributed by atoms with Crippen LogP contribution in [0.2, 0.25) is 0 Å². The van der Waals surface area contributed by atoms with Crippen molar-refractivity contribution in [2.24, 2.45) is 0 Å². The first-order valence-corrected chi connectivity index (χ1v) is 10.5. The molecule has 0 saturated carbocycles. The average Bonchev–Trinajstić information content (AvgIpc) is 3.49. The van der Waals surface area contributed by atoms with E-state index in [1.807, 2.05) is 54.6 Å². The molecule has 32 heavy (non-hydrogen) atoms. The van der Waals surface area contributed by atoms with Crippen molar-refractivity contribution in [2.45, 2.75) is 25.9 Å². The van der Waals surface area contributed by atoms with Crippen molar-refractivity contribution in [3.63, 3.8) is 0 Å². The Hall–Kier alpha value is -4.13. The second-order valence-electron chi connectivity index (χ2n) is 7.56. The standard InChI is InChI=1S/C25H21N3O4/c29-24(22-14-13-17(32-22)15-31-16-7-2-1-3-8-16)27-28-25(30)23-18-9-4-5-11-20(18)26-21-12-6-10-19(21)23/h1-5,7-9,11,13-14H,6,10,12,15H2,(H,27,29)(H,28,30). The Morgan fingerprint density at radius 2 is 1.69 bits per heavy atom. The fourth-order valence-electron chi connectivity index (χ4n) is 3.96. The molecule has 2 aromatic carbocycles. The van der Waals surface area contributed by atoms with Gasteiger partial charge in [0.15, 0.2) is 5.76 Å². The van der Waals surface area contributed by atoms with Gasteiger partial charge in [0.25, 0.3) is 5.91 Å². The molecule has 2 aromatic heterocycles. The van der Waals surface area contributed by atoms with E-state index in [0.717, 1.165) is 41.4 Å². The van der Waals surface area contributed by atoms with E-state index in [2.05, 4.69) is 15.8 Å². The molecule has 0 atom stereocenters. The number of nitrogens with zero attached hydrogens (tertiary/aromatic N) is 1. The Labute approximate surface area is 184 Å². The van der Waals surface area contributed by atoms with Gasteiger partial charge in [0.2, 0.25) is 0 Å². The molecular weight excluding hydrogens is 406 g/mol. The van der Waals surface area contributed by atoms with Gasteiger partial charge in [-0.1, -0.05) is 36.4 Å². The van der Waals surface area contributed by atoms with E-state index in [0.29, 0.717) is 17.1 Å². The third-order valence-electron chi connectivity index (χ3n) is 5.45. The van der Waals surface area contributed by atoms with Gasteiger partial charge in [0.1, 0.15) is 18.1 Å². The molecule has 0 bridgehead atoms. The molecule has 2 heterocycles. The van der Waals surface area contributed by atoms with Crippen LogP contribution in [0.5, 0.6) is 5.75 Å². The Morgan fingerprint density at radius 1 is 0.906 bits per heavy atom. The van der Waals surface area contributed by atoms with Crippen molar-refractivity contribution in [3.05, 3.63) is 95.1 Å². The number of hydrogen-bond acceptors (Lipinski definition) is 5. The number of nitrogens with one attached hydrogen (secondary N) is 2. The maximum absolute atomic E-state index is 13.0. The number of fused-ring (bicyclic) bond motifs is 2. The molecule has 0 aliphatic heterocycles. The molecule has 0 fully saturated rings. The summed E-state index contributed by atoms with van der Waals surface area (Å²) < 4.78 is 11.2. The predicted molar refractivity (Wildman–Crippen MR) is 118 cm³/mol. The van der Waals surface area contributed by atoms with Crippen molar-refractivity contribution >= 4 is 22.7 Å². The Kier molecular flexibility index (Phi) is 5.29. The monoisotopic (exact) mass is 427 g/mol. The van der Waals surface area contributed by atoms with Gasteiger partial charge in [-0.05, 0) is 55.2 Å². The van der Waals surface area contributed by atoms with Gasteiger partial charge < -0.3 is 9.15 Å². The van der Waals surface area contributed by atoms with E-state index < -0.39 is 5.91 Å². The second kappa shape index (κ2) is 8.55. The Balaban J connectivity index is 1.26. The largest absolute Gasteiger partial charge is 0.486 e. The highest BCUT2D eigenvalue weighted by molar-refractivity contribution is 6.08. The van der Waals surface area contributed by atoms with Crippen LogP contribution in [0.1, 0.15) is 44.4 Å². The van der Waals surface area contributed by atoms with E-state index in [9.17, 15) is 9.59 Å². The molecule has 2 amide bonds. The first kappa shape index (κ1) is 19.8. The molecule has 1 aliphatic rings. The van der Waals surface area contributed by atoms with E-state index in [4.69, 9.17) is 9.15 Å². The third kappa shape index (κ3) is 3.92. The lowest BCUT2D eigenvalue weighted by Crippen LogP contribution is -2.42. The number of hydrogen-bond donors (Lipinski definition) is 2. The van der Waals surface area contributed by atoms with Gasteiger partial charge >= 0.3 is 5.91 Å². The third-order valence-corrected chi connectivity index (χ3v) is 5.45. The van der Waals surface area contributed by atoms with Gasteiger partial charge in [-0.3, -0.25) is 25.4 Å². The van der Waals surface area contributed by atoms with Gasteiger partial charge in [0, 0.05) is 11.1 Å². The van der Waals surface area contributed by atoms with Crippen LogP contribution in [0.15, 0.2) is 71.1 Å². The fraction of sp³-hybridized carbons (Fsp3) is 0.160. The number of hydrazine groups is 1. The lowest BCUT2D eigenvalue weighted by molar-refractivity contribution is 0.0829. The molecule has 160 valence electrons. The zero-order chi connectivity index (χ0) is 21.9. The lowest BCUT2D eigenvalue weighted by atomic mass is 10.0. The quantitative estimate of drug-likeness (QED) is 0.470. The Morgan fingerprint density at radius 3 is 2.56 bits per heavy atom. The molecule has 5 rings (SSSR count). The number of carbonyl (C=O) groups excluding carboxylic acids is 2. The molecule has 0 spiro atoms. The SMILES string of the molecule is O=C(NNC(=O)c1c2c(nc3ccccc13)CCC2)c1ccc(COc2ccccc2)o1. The fourth-order valence-corrected chi connectivity index (χ4v) is 3.96. The van der Waals surface area contributed by atoms with Gasteiger partial charge in [-0.25, -0.2) is 0 Å². The summed E-state index contributed by atoms with van der Waals surface area (Å²) in [6.07, 6.45) is 2.62. The summed E-state index contributed by atoms with van der Waals surface area (Å²) in [4.78, 5) is 30.2. The number of aromatic nitrogens is 1. The molecule has 7 nitrogen and oxygen atoms in total. The summed E-state index contributed by atoms with van der Waals surface area (Å²) in [5, 5.41) is 0.776. The van der Waals surface area contributed by atoms with Crippen molar-refractivity contribution in [2.75, 3.05) is 0 Å². The van der Waals surface area contributed by atoms with Crippen LogP contribution in [0.4, 0.5) is 0 Å². The zero-order valence-corrected chi connectivity index (χ0v) is 17.3. The molecule has 2 N–H and O–H groups in total. The minimum absolute atomic E-state index is 0.0850. The maximum atomic E-state index is 13.0. The Bertz CT molecular complexity index is 1300. The van der Waals surface area contributed by atoms with Crippen LogP contribution in [0, 0.1) is 0 Å². The topological polar surface area (TPSA) is 93.5 Å². The summed E-state index contributed by atoms with van der Waals surface area (Å²) in [6, 6.07) is 20.1. The number of carbonyl (C=O) groups is 2. The molecular formula is C25H21N3O4. The van der Waals surface area contributed by atoms with Crippen molar-refractivity contribution in [3.8, 4) is 5.75 Å². The number of amides is 2. The van der Waals surface area contributed by atoms with Crippen molar-refractivity contribution in [1.82, 2.24) is 15.8 Å². The average molecular weight is 427 g/mol. The van der Waals surface area contributed by atoms with Crippen LogP contribution in [0.3, 0.4) is 0 Å². The molecule has 1 aliphatic carbocycles. The minimum atomic E-state index is -0.542. The number of furan rings is 1. The molecule has 0 saturated heterocycles. The normalized spacial score (nSPS) is 12.4. The van der Waals surface area contributed by atoms with Crippen LogP contribution >= 0.6 is 0 Å². The number of ether oxygens (including phenoxy) is 1. The summed E-state index contributed by atoms with van der Waals surface area (Å²) in [5.41, 5.74) is 8.23. The van der Waals surface area contributed by atoms with Crippen LogP contribution < -0.4 is 15.6 Å². The molecule has 0 radical (unpaired) electrons. The molecule has 0 unspecified atom stereocenters. The predicted octanol–water partition coefficient (Wildman–Crippen LogP) is 3.97. The molecule has 4 aromatic rings. The minimum Gasteiger partial charge on any atom is -0.486 e. The van der Waals surface area contributed by atoms with E-state index in [-0.39, 0.29) is 18.3 Å². The van der Waals surface area contributed by atoms with E-state index in [1.54, 1.807) is 12.1 Å². The van der Waals surface area contributed by atoms with Crippen LogP contribution in [-0.2, 0) is 19.4 Å². The highest BCUT2D eigenvalue weighted by Gasteiger charge is 2.24. The summed E-state index contributed by atoms with van der Waals surface area (Å²) in [7, 11) is 0. The number of aryl methyl sites for hydroxylation is 1. The number of pyridine rings is 1. The summed E-state index contributed by atoms with van der Waals surface area (Å²) in [5.74, 6) is 0.387. The smallest absolute Gasteiger partial charge is 0.305 e. The van der Waals surface area contributed by atoms with Crippen LogP contribution in [-0.4, -0.2) is 16.8 Å². The number of benzene rings is 2. The van der Waals surface area contributed by atoms with E-state index >= 15 is 0 Å². The first-order valence-electron chi connectivity index (χ1n) is 10.5. The maximum Gasteiger partial charge on any atom is 0.305 e. The summed E-state index contributed by atoms with van der Waals surface area (Å²) in [6.45, 7) is 0.193. The summed E-state index contributed by atoms with van der Waals surface area (Å²) >= 11 is 0. The van der Waals surface area contributed by atoms with Gasteiger partial charge in [-0.15, -0.1) is 0 Å². The lowest BCUT2D eigenvalue weighted by Gasteiger charge is -2.13. The first-order chi connectivity index (χ1) is 15.7. The van der Waals surface area contributed by atoms with Crippen molar-refractivity contribution in [1.29, 1.82) is 0 Å². The van der Waals surface area contributed by atoms with Crippen LogP contribution in [0.25, 0.3) is 10.9 Å². The number of rotatable bonds is 5. The molecule has 7 heteroatoms. The van der Waals surface area contributed by atoms with Gasteiger partial charge in [-0.2, -0.15) is 0 Å². The van der Waals surface area contributed by atoms with E-state index in [1.165, 1.54) is 0 Å². The second-order valence-corrected chi connectivity index (χ2v) is 7.56.